The Morgan fingerprint density at radius 3 is 2.21 bits per heavy atom. The van der Waals surface area contributed by atoms with Crippen LogP contribution in [-0.4, -0.2) is 93.0 Å². The third-order valence-corrected chi connectivity index (χ3v) is 8.61. The van der Waals surface area contributed by atoms with Crippen LogP contribution in [0.1, 0.15) is 46.4 Å². The number of anilines is 2. The number of phenolic OH excluding ortho intramolecular Hbond substituents is 1. The van der Waals surface area contributed by atoms with Crippen LogP contribution in [0.15, 0.2) is 83.8 Å². The minimum atomic E-state index is -1.38. The number of carboxylic acids is 1. The molecule has 0 radical (unpaired) electrons. The van der Waals surface area contributed by atoms with Crippen LogP contribution in [0, 0.1) is 0 Å². The largest absolute Gasteiger partial charge is 0.504 e. The van der Waals surface area contributed by atoms with Gasteiger partial charge >= 0.3 is 11.9 Å². The first kappa shape index (κ1) is 44.0. The lowest BCUT2D eigenvalue weighted by Crippen LogP contribution is -2.41. The zero-order valence-corrected chi connectivity index (χ0v) is 32.9. The Balaban J connectivity index is 1.01. The first-order chi connectivity index (χ1) is 29.3. The van der Waals surface area contributed by atoms with E-state index >= 15 is 0 Å². The highest BCUT2D eigenvalue weighted by Crippen LogP contribution is 2.29. The molecule has 0 aliphatic rings. The van der Waals surface area contributed by atoms with Gasteiger partial charge in [0.2, 0.25) is 5.95 Å². The molecule has 5 aromatic rings. The van der Waals surface area contributed by atoms with E-state index in [1.54, 1.807) is 42.5 Å². The summed E-state index contributed by atoms with van der Waals surface area (Å²) in [6.45, 7) is -0.0300. The van der Waals surface area contributed by atoms with E-state index in [-0.39, 0.29) is 73.2 Å². The number of carboxylic acid groups (broad SMARTS) is 1. The van der Waals surface area contributed by atoms with E-state index in [2.05, 4.69) is 30.6 Å². The molecular formula is C42H41N7O12. The SMILES string of the molecule is COc1cc(/C=C/C(=O)CC(=O)/C=C/c2ccc(OCCOC(=O)CCC(NC(=O)c3ccc(NCc4cnc5nc(N)[nH]c(=O)c5n4)cc3)C(=O)O)c(OC)c2)ccc1O. The number of nitrogen functional groups attached to an aromatic ring is 1. The van der Waals surface area contributed by atoms with Gasteiger partial charge in [0.15, 0.2) is 45.7 Å². The zero-order valence-electron chi connectivity index (χ0n) is 32.9. The van der Waals surface area contributed by atoms with Crippen molar-refractivity contribution in [3.63, 3.8) is 0 Å². The quantitative estimate of drug-likeness (QED) is 0.0267. The number of nitrogens with two attached hydrogens (primary N) is 1. The molecule has 1 amide bonds. The fourth-order valence-corrected chi connectivity index (χ4v) is 5.50. The number of fused-ring (bicyclic) bond motifs is 1. The van der Waals surface area contributed by atoms with E-state index in [9.17, 15) is 39.0 Å². The summed E-state index contributed by atoms with van der Waals surface area (Å²) in [6.07, 6.45) is 6.14. The van der Waals surface area contributed by atoms with Gasteiger partial charge in [0.05, 0.1) is 39.1 Å². The van der Waals surface area contributed by atoms with E-state index in [1.165, 1.54) is 62.9 Å². The number of carbonyl (C=O) groups is 5. The number of methoxy groups -OCH3 is 2. The molecule has 3 aromatic carbocycles. The number of ketones is 2. The Morgan fingerprint density at radius 2 is 1.54 bits per heavy atom. The van der Waals surface area contributed by atoms with E-state index < -0.39 is 41.0 Å². The summed E-state index contributed by atoms with van der Waals surface area (Å²) in [7, 11) is 2.83. The standard InChI is InChI=1S/C42H41N7O12/c1-58-34-19-24(5-14-32(34)52)3-11-29(50)21-30(51)12-4-25-6-15-33(35(20-25)59-2)60-17-18-61-36(53)16-13-31(41(56)57)47-39(54)26-7-9-27(10-8-26)44-22-28-23-45-38-37(46-28)40(55)49-42(43)48-38/h3-12,14-15,19-20,23,31,44,52H,13,16-18,21-22H2,1-2H3,(H,47,54)(H,56,57)(H3,43,45,48,49,55)/b11-3+,12-4+. The fourth-order valence-electron chi connectivity index (χ4n) is 5.50. The molecule has 0 saturated carbocycles. The number of aromatic hydroxyl groups is 1. The molecule has 1 unspecified atom stereocenters. The Hall–Kier alpha value is -8.09. The molecule has 19 heteroatoms. The van der Waals surface area contributed by atoms with Gasteiger partial charge in [-0.1, -0.05) is 24.3 Å². The van der Waals surface area contributed by atoms with Crippen LogP contribution in [-0.2, 0) is 30.5 Å². The van der Waals surface area contributed by atoms with E-state index in [0.717, 1.165) is 0 Å². The van der Waals surface area contributed by atoms with Crippen LogP contribution in [0.4, 0.5) is 11.6 Å². The van der Waals surface area contributed by atoms with Crippen molar-refractivity contribution in [1.82, 2.24) is 25.3 Å². The summed E-state index contributed by atoms with van der Waals surface area (Å²) in [5, 5.41) is 24.9. The first-order valence-corrected chi connectivity index (χ1v) is 18.5. The van der Waals surface area contributed by atoms with Crippen molar-refractivity contribution in [3.8, 4) is 23.0 Å². The second-order valence-electron chi connectivity index (χ2n) is 13.0. The van der Waals surface area contributed by atoms with Gasteiger partial charge in [-0.05, 0) is 78.2 Å². The molecule has 2 aromatic heterocycles. The van der Waals surface area contributed by atoms with Crippen LogP contribution < -0.4 is 36.1 Å². The average molecular weight is 836 g/mol. The summed E-state index contributed by atoms with van der Waals surface area (Å²) in [5.74, 6) is -2.74. The van der Waals surface area contributed by atoms with Crippen molar-refractivity contribution in [3.05, 3.63) is 112 Å². The molecular weight excluding hydrogens is 794 g/mol. The topological polar surface area (TPSA) is 284 Å². The Labute approximate surface area is 347 Å². The molecule has 0 fully saturated rings. The van der Waals surface area contributed by atoms with Crippen LogP contribution in [0.5, 0.6) is 23.0 Å². The molecule has 1 atom stereocenters. The molecule has 61 heavy (non-hydrogen) atoms. The van der Waals surface area contributed by atoms with Crippen molar-refractivity contribution in [2.24, 2.45) is 0 Å². The molecule has 5 rings (SSSR count). The van der Waals surface area contributed by atoms with Gasteiger partial charge in [0.25, 0.3) is 11.5 Å². The highest BCUT2D eigenvalue weighted by atomic mass is 16.6. The summed E-state index contributed by atoms with van der Waals surface area (Å²) < 4.78 is 21.3. The van der Waals surface area contributed by atoms with Gasteiger partial charge < -0.3 is 45.5 Å². The normalized spacial score (nSPS) is 11.6. The summed E-state index contributed by atoms with van der Waals surface area (Å²) in [5.41, 5.74) is 7.59. The maximum atomic E-state index is 12.8. The number of esters is 1. The molecule has 0 saturated heterocycles. The smallest absolute Gasteiger partial charge is 0.326 e. The summed E-state index contributed by atoms with van der Waals surface area (Å²) in [4.78, 5) is 88.6. The van der Waals surface area contributed by atoms with Gasteiger partial charge in [-0.2, -0.15) is 4.98 Å². The second-order valence-corrected chi connectivity index (χ2v) is 13.0. The Kier molecular flexibility index (Phi) is 15.2. The number of carbonyl (C=O) groups excluding carboxylic acids is 4. The van der Waals surface area contributed by atoms with Crippen LogP contribution >= 0.6 is 0 Å². The van der Waals surface area contributed by atoms with Crippen molar-refractivity contribution >= 4 is 64.4 Å². The van der Waals surface area contributed by atoms with Gasteiger partial charge in [-0.25, -0.2) is 14.8 Å². The average Bonchev–Trinajstić information content (AvgIpc) is 3.25. The molecule has 0 aliphatic carbocycles. The number of H-pyrrole nitrogens is 1. The molecule has 0 aliphatic heterocycles. The van der Waals surface area contributed by atoms with Crippen molar-refractivity contribution < 1.29 is 53.1 Å². The summed E-state index contributed by atoms with van der Waals surface area (Å²) >= 11 is 0. The third kappa shape index (κ3) is 13.0. The number of aromatic amines is 1. The number of allylic oxidation sites excluding steroid dienone is 2. The molecule has 0 spiro atoms. The van der Waals surface area contributed by atoms with Gasteiger partial charge in [0.1, 0.15) is 19.3 Å². The monoisotopic (exact) mass is 835 g/mol. The Bertz CT molecular complexity index is 2540. The molecule has 19 nitrogen and oxygen atoms in total. The number of ether oxygens (including phenoxy) is 4. The lowest BCUT2D eigenvalue weighted by molar-refractivity contribution is -0.145. The maximum Gasteiger partial charge on any atom is 0.326 e. The maximum absolute atomic E-state index is 12.8. The fraction of sp³-hybridized carbons (Fsp3) is 0.214. The van der Waals surface area contributed by atoms with Crippen molar-refractivity contribution in [1.29, 1.82) is 0 Å². The minimum absolute atomic E-state index is 0.0344. The number of nitrogens with one attached hydrogen (secondary N) is 3. The predicted molar refractivity (Wildman–Crippen MR) is 221 cm³/mol. The van der Waals surface area contributed by atoms with Gasteiger partial charge in [-0.15, -0.1) is 0 Å². The predicted octanol–water partition coefficient (Wildman–Crippen LogP) is 3.47. The van der Waals surface area contributed by atoms with E-state index in [4.69, 9.17) is 24.7 Å². The first-order valence-electron chi connectivity index (χ1n) is 18.5. The number of nitrogens with zero attached hydrogens (tertiary/aromatic N) is 3. The molecule has 0 bridgehead atoms. The number of amides is 1. The minimum Gasteiger partial charge on any atom is -0.504 e. The third-order valence-electron chi connectivity index (χ3n) is 8.61. The number of benzene rings is 3. The number of aromatic nitrogens is 4. The van der Waals surface area contributed by atoms with Gasteiger partial charge in [-0.3, -0.25) is 29.0 Å². The molecule has 2 heterocycles. The number of phenols is 1. The Morgan fingerprint density at radius 1 is 0.869 bits per heavy atom. The number of aliphatic carboxylic acids is 1. The highest BCUT2D eigenvalue weighted by Gasteiger charge is 2.22. The molecule has 7 N–H and O–H groups in total. The molecule has 316 valence electrons. The van der Waals surface area contributed by atoms with Crippen molar-refractivity contribution in [2.75, 3.05) is 38.5 Å². The second kappa shape index (κ2) is 21.1. The lowest BCUT2D eigenvalue weighted by atomic mass is 10.1. The number of rotatable bonds is 21. The number of hydrogen-bond acceptors (Lipinski definition) is 16. The van der Waals surface area contributed by atoms with E-state index in [1.807, 2.05) is 0 Å². The van der Waals surface area contributed by atoms with Crippen LogP contribution in [0.3, 0.4) is 0 Å². The van der Waals surface area contributed by atoms with Crippen LogP contribution in [0.2, 0.25) is 0 Å². The van der Waals surface area contributed by atoms with Crippen molar-refractivity contribution in [2.45, 2.75) is 31.8 Å². The summed E-state index contributed by atoms with van der Waals surface area (Å²) in [6, 6.07) is 14.2. The van der Waals surface area contributed by atoms with Crippen LogP contribution in [0.25, 0.3) is 23.3 Å². The zero-order chi connectivity index (χ0) is 43.9. The van der Waals surface area contributed by atoms with E-state index in [0.29, 0.717) is 34.0 Å². The number of hydrogen-bond donors (Lipinski definition) is 6. The lowest BCUT2D eigenvalue weighted by Gasteiger charge is -2.15. The van der Waals surface area contributed by atoms with Gasteiger partial charge in [0, 0.05) is 17.7 Å². The highest BCUT2D eigenvalue weighted by molar-refractivity contribution is 6.11.